The number of benzene rings is 1. The molecule has 1 aromatic carbocycles. The number of nitrogens with zero attached hydrogens (tertiary/aromatic N) is 5. The summed E-state index contributed by atoms with van der Waals surface area (Å²) in [6.45, 7) is 14.2. The first kappa shape index (κ1) is 37.3. The molecule has 0 spiro atoms. The van der Waals surface area contributed by atoms with Gasteiger partial charge in [0.1, 0.15) is 12.1 Å². The van der Waals surface area contributed by atoms with E-state index in [-0.39, 0.29) is 25.0 Å². The molecule has 0 bridgehead atoms. The minimum atomic E-state index is -3.41. The summed E-state index contributed by atoms with van der Waals surface area (Å²) in [6, 6.07) is 5.60. The number of carbonyl (C=O) groups excluding carboxylic acids is 2. The van der Waals surface area contributed by atoms with Crippen LogP contribution in [0.1, 0.15) is 83.5 Å². The molecular formula is C37H52ClN5O5S. The number of piperidine rings is 2. The Bertz CT molecular complexity index is 1690. The quantitative estimate of drug-likeness (QED) is 0.317. The Kier molecular flexibility index (Phi) is 11.8. The lowest BCUT2D eigenvalue weighted by Gasteiger charge is -2.40. The van der Waals surface area contributed by atoms with E-state index in [9.17, 15) is 18.0 Å². The molecule has 0 radical (unpaired) electrons. The van der Waals surface area contributed by atoms with Crippen LogP contribution in [-0.4, -0.2) is 95.3 Å². The second-order valence-corrected chi connectivity index (χ2v) is 17.7. The zero-order chi connectivity index (χ0) is 35.5. The Morgan fingerprint density at radius 3 is 2.29 bits per heavy atom. The number of sulfonamides is 1. The van der Waals surface area contributed by atoms with Crippen LogP contribution in [0.2, 0.25) is 5.02 Å². The summed E-state index contributed by atoms with van der Waals surface area (Å²) >= 11 is 6.50. The normalized spacial score (nSPS) is 18.7. The molecular weight excluding hydrogens is 662 g/mol. The SMILES string of the molecule is CC(C)CC#Cc1cc(-c2nn(CC(=O)CN3CCC(C4CCN(C(=O)OC(C)(C)C)CC4)CC3)c3c2CN(S(C)(=O)=O)CC3)ccc1Cl. The van der Waals surface area contributed by atoms with Gasteiger partial charge in [-0.2, -0.15) is 9.40 Å². The Labute approximate surface area is 297 Å². The predicted octanol–water partition coefficient (Wildman–Crippen LogP) is 5.85. The first-order valence-electron chi connectivity index (χ1n) is 17.6. The molecule has 49 heavy (non-hydrogen) atoms. The fourth-order valence-corrected chi connectivity index (χ4v) is 8.11. The number of ketones is 1. The summed E-state index contributed by atoms with van der Waals surface area (Å²) in [4.78, 5) is 30.1. The number of ether oxygens (including phenoxy) is 1. The van der Waals surface area contributed by atoms with Gasteiger partial charge in [0.15, 0.2) is 5.78 Å². The maximum Gasteiger partial charge on any atom is 0.410 e. The molecule has 1 amide bonds. The fourth-order valence-electron chi connectivity index (χ4n) is 7.16. The standard InChI is InChI=1S/C37H52ClN5O5S/c1-26(2)8-7-9-29-22-30(10-11-33(29)38)35-32-25-42(49(6,46)47)21-16-34(32)43(39-35)24-31(44)23-40-17-12-27(13-18-40)28-14-19-41(20-15-28)36(45)48-37(3,4)5/h10-11,22,26-28H,8,12-21,23-25H2,1-6H3. The molecule has 0 N–H and O–H groups in total. The van der Waals surface area contributed by atoms with Crippen molar-refractivity contribution >= 4 is 33.5 Å². The molecule has 2 aromatic rings. The molecule has 0 atom stereocenters. The van der Waals surface area contributed by atoms with Crippen LogP contribution >= 0.6 is 11.6 Å². The lowest BCUT2D eigenvalue weighted by Crippen LogP contribution is -2.45. The number of fused-ring (bicyclic) bond motifs is 1. The van der Waals surface area contributed by atoms with Gasteiger partial charge < -0.3 is 9.64 Å². The van der Waals surface area contributed by atoms with E-state index in [1.807, 2.05) is 37.8 Å². The second kappa shape index (κ2) is 15.5. The molecule has 10 nitrogen and oxygen atoms in total. The second-order valence-electron chi connectivity index (χ2n) is 15.3. The summed E-state index contributed by atoms with van der Waals surface area (Å²) in [5.74, 6) is 8.10. The van der Waals surface area contributed by atoms with Crippen LogP contribution < -0.4 is 0 Å². The van der Waals surface area contributed by atoms with Crippen molar-refractivity contribution < 1.29 is 22.7 Å². The van der Waals surface area contributed by atoms with Gasteiger partial charge in [-0.25, -0.2) is 13.2 Å². The summed E-state index contributed by atoms with van der Waals surface area (Å²) in [7, 11) is -3.41. The smallest absolute Gasteiger partial charge is 0.410 e. The Balaban J connectivity index is 1.23. The number of rotatable bonds is 8. The van der Waals surface area contributed by atoms with Crippen molar-refractivity contribution in [1.29, 1.82) is 0 Å². The van der Waals surface area contributed by atoms with Crippen molar-refractivity contribution in [2.75, 3.05) is 45.5 Å². The van der Waals surface area contributed by atoms with E-state index in [4.69, 9.17) is 21.4 Å². The van der Waals surface area contributed by atoms with E-state index in [0.717, 1.165) is 75.1 Å². The van der Waals surface area contributed by atoms with Gasteiger partial charge in [0.05, 0.1) is 23.5 Å². The molecule has 0 unspecified atom stereocenters. The Morgan fingerprint density at radius 1 is 1.02 bits per heavy atom. The Morgan fingerprint density at radius 2 is 1.67 bits per heavy atom. The van der Waals surface area contributed by atoms with Crippen molar-refractivity contribution in [1.82, 2.24) is 23.9 Å². The van der Waals surface area contributed by atoms with E-state index in [2.05, 4.69) is 30.6 Å². The number of halogens is 1. The fraction of sp³-hybridized carbons (Fsp3) is 0.649. The lowest BCUT2D eigenvalue weighted by atomic mass is 9.79. The molecule has 2 saturated heterocycles. The molecule has 0 aliphatic carbocycles. The highest BCUT2D eigenvalue weighted by atomic mass is 35.5. The van der Waals surface area contributed by atoms with Crippen molar-refractivity contribution in [2.45, 2.75) is 91.8 Å². The highest BCUT2D eigenvalue weighted by Gasteiger charge is 2.34. The van der Waals surface area contributed by atoms with E-state index in [1.165, 1.54) is 10.6 Å². The van der Waals surface area contributed by atoms with Gasteiger partial charge in [-0.05, 0) is 89.4 Å². The molecule has 12 heteroatoms. The summed E-state index contributed by atoms with van der Waals surface area (Å²) < 4.78 is 33.8. The number of hydrogen-bond acceptors (Lipinski definition) is 7. The van der Waals surface area contributed by atoms with E-state index >= 15 is 0 Å². The first-order chi connectivity index (χ1) is 23.1. The number of amides is 1. The van der Waals surface area contributed by atoms with Gasteiger partial charge in [0.2, 0.25) is 10.0 Å². The van der Waals surface area contributed by atoms with E-state index < -0.39 is 15.6 Å². The average molecular weight is 714 g/mol. The number of likely N-dealkylation sites (tertiary alicyclic amines) is 2. The Hall–Kier alpha value is -2.91. The first-order valence-corrected chi connectivity index (χ1v) is 19.8. The average Bonchev–Trinajstić information content (AvgIpc) is 3.38. The van der Waals surface area contributed by atoms with Gasteiger partial charge in [-0.15, -0.1) is 0 Å². The zero-order valence-corrected chi connectivity index (χ0v) is 31.5. The summed E-state index contributed by atoms with van der Waals surface area (Å²) in [5, 5.41) is 5.48. The largest absolute Gasteiger partial charge is 0.444 e. The monoisotopic (exact) mass is 713 g/mol. The molecule has 4 heterocycles. The van der Waals surface area contributed by atoms with Gasteiger partial charge in [-0.3, -0.25) is 14.4 Å². The maximum atomic E-state index is 13.5. The van der Waals surface area contributed by atoms with Crippen molar-refractivity contribution in [3.63, 3.8) is 0 Å². The van der Waals surface area contributed by atoms with E-state index in [1.54, 1.807) is 10.7 Å². The van der Waals surface area contributed by atoms with Gasteiger partial charge in [-0.1, -0.05) is 43.4 Å². The number of hydrogen-bond donors (Lipinski definition) is 0. The third-order valence-corrected chi connectivity index (χ3v) is 11.3. The molecule has 3 aliphatic rings. The highest BCUT2D eigenvalue weighted by Crippen LogP contribution is 2.34. The van der Waals surface area contributed by atoms with E-state index in [0.29, 0.717) is 53.5 Å². The molecule has 268 valence electrons. The van der Waals surface area contributed by atoms with Crippen LogP contribution in [0.5, 0.6) is 0 Å². The van der Waals surface area contributed by atoms with Crippen LogP contribution in [0.3, 0.4) is 0 Å². The molecule has 1 aromatic heterocycles. The van der Waals surface area contributed by atoms with Gasteiger partial charge in [0, 0.05) is 61.4 Å². The predicted molar refractivity (Wildman–Crippen MR) is 193 cm³/mol. The number of Topliss-reactive ketones (excluding diaryl/α,β-unsaturated/α-hetero) is 1. The van der Waals surface area contributed by atoms with Gasteiger partial charge in [0.25, 0.3) is 0 Å². The third-order valence-electron chi connectivity index (χ3n) is 9.76. The zero-order valence-electron chi connectivity index (χ0n) is 29.9. The molecule has 3 aliphatic heterocycles. The van der Waals surface area contributed by atoms with Crippen molar-refractivity contribution in [3.05, 3.63) is 40.0 Å². The van der Waals surface area contributed by atoms with Crippen molar-refractivity contribution in [3.8, 4) is 23.1 Å². The third kappa shape index (κ3) is 9.87. The van der Waals surface area contributed by atoms with Crippen LogP contribution in [0.25, 0.3) is 11.3 Å². The van der Waals surface area contributed by atoms with Gasteiger partial charge >= 0.3 is 6.09 Å². The molecule has 5 rings (SSSR count). The van der Waals surface area contributed by atoms with Crippen molar-refractivity contribution in [2.24, 2.45) is 17.8 Å². The van der Waals surface area contributed by atoms with Crippen LogP contribution in [0, 0.1) is 29.6 Å². The minimum Gasteiger partial charge on any atom is -0.444 e. The maximum absolute atomic E-state index is 13.5. The minimum absolute atomic E-state index is 0.0860. The van der Waals surface area contributed by atoms with Crippen LogP contribution in [-0.2, 0) is 39.1 Å². The van der Waals surface area contributed by atoms with Crippen LogP contribution in [0.15, 0.2) is 18.2 Å². The van der Waals surface area contributed by atoms with Crippen LogP contribution in [0.4, 0.5) is 4.79 Å². The lowest BCUT2D eigenvalue weighted by molar-refractivity contribution is -0.121. The molecule has 0 saturated carbocycles. The highest BCUT2D eigenvalue weighted by molar-refractivity contribution is 7.88. The molecule has 2 fully saturated rings. The summed E-state index contributed by atoms with van der Waals surface area (Å²) in [6.07, 6.45) is 6.32. The summed E-state index contributed by atoms with van der Waals surface area (Å²) in [5.41, 5.74) is 3.41. The number of aromatic nitrogens is 2. The number of carbonyl (C=O) groups is 2. The topological polar surface area (TPSA) is 105 Å².